The van der Waals surface area contributed by atoms with E-state index in [0.29, 0.717) is 37.2 Å². The van der Waals surface area contributed by atoms with Gasteiger partial charge in [0.15, 0.2) is 29.0 Å². The molecule has 0 bridgehead atoms. The van der Waals surface area contributed by atoms with E-state index in [1.807, 2.05) is 32.0 Å². The first-order valence-corrected chi connectivity index (χ1v) is 8.79. The summed E-state index contributed by atoms with van der Waals surface area (Å²) in [4.78, 5) is 4.51. The van der Waals surface area contributed by atoms with Crippen LogP contribution in [0.2, 0.25) is 0 Å². The normalized spacial score (nSPS) is 10.7. The molecule has 0 unspecified atom stereocenters. The number of hydrogen-bond acceptors (Lipinski definition) is 4. The van der Waals surface area contributed by atoms with Gasteiger partial charge in [-0.25, -0.2) is 9.38 Å². The van der Waals surface area contributed by atoms with Crippen molar-refractivity contribution in [1.82, 2.24) is 5.32 Å². The Bertz CT molecular complexity index is 787. The lowest BCUT2D eigenvalue weighted by molar-refractivity contribution is 0.321. The van der Waals surface area contributed by atoms with Crippen molar-refractivity contribution in [2.45, 2.75) is 20.4 Å². The van der Waals surface area contributed by atoms with Crippen LogP contribution in [0.25, 0.3) is 0 Å². The Morgan fingerprint density at radius 2 is 1.71 bits per heavy atom. The number of aliphatic imine (C=N–C) groups is 1. The minimum atomic E-state index is -0.387. The molecule has 2 N–H and O–H groups in total. The Balaban J connectivity index is 0.00000392. The Hall–Kier alpha value is -2.23. The highest BCUT2D eigenvalue weighted by molar-refractivity contribution is 14.0. The molecule has 0 aliphatic heterocycles. The van der Waals surface area contributed by atoms with Gasteiger partial charge in [-0.2, -0.15) is 0 Å². The van der Waals surface area contributed by atoms with Crippen molar-refractivity contribution in [3.8, 4) is 17.2 Å². The molecule has 154 valence electrons. The number of halogens is 2. The molecule has 0 radical (unpaired) electrons. The monoisotopic (exact) mass is 503 g/mol. The number of hydrogen-bond donors (Lipinski definition) is 2. The maximum atomic E-state index is 14.0. The Morgan fingerprint density at radius 3 is 2.32 bits per heavy atom. The Kier molecular flexibility index (Phi) is 10.4. The van der Waals surface area contributed by atoms with Gasteiger partial charge in [0.2, 0.25) is 0 Å². The van der Waals surface area contributed by atoms with E-state index in [4.69, 9.17) is 14.2 Å². The van der Waals surface area contributed by atoms with Gasteiger partial charge in [-0.15, -0.1) is 24.0 Å². The van der Waals surface area contributed by atoms with E-state index in [1.165, 1.54) is 6.07 Å². The molecule has 0 amide bonds. The number of rotatable bonds is 8. The molecular weight excluding hydrogens is 476 g/mol. The maximum absolute atomic E-state index is 14.0. The third-order valence-electron chi connectivity index (χ3n) is 3.71. The summed E-state index contributed by atoms with van der Waals surface area (Å²) in [7, 11) is 3.17. The molecule has 8 heteroatoms. The fraction of sp³-hybridized carbons (Fsp3) is 0.350. The average molecular weight is 503 g/mol. The average Bonchev–Trinajstić information content (AvgIpc) is 2.68. The number of nitrogens with one attached hydrogen (secondary N) is 2. The van der Waals surface area contributed by atoms with E-state index >= 15 is 0 Å². The lowest BCUT2D eigenvalue weighted by atomic mass is 10.2. The lowest BCUT2D eigenvalue weighted by Gasteiger charge is -2.14. The van der Waals surface area contributed by atoms with Crippen molar-refractivity contribution in [2.75, 3.05) is 32.7 Å². The minimum Gasteiger partial charge on any atom is -0.493 e. The molecule has 0 aromatic heterocycles. The number of benzene rings is 2. The molecule has 0 heterocycles. The first-order valence-electron chi connectivity index (χ1n) is 8.79. The predicted octanol–water partition coefficient (Wildman–Crippen LogP) is 4.44. The van der Waals surface area contributed by atoms with Gasteiger partial charge in [0, 0.05) is 18.3 Å². The van der Waals surface area contributed by atoms with Crippen molar-refractivity contribution in [1.29, 1.82) is 0 Å². The summed E-state index contributed by atoms with van der Waals surface area (Å²) in [6.45, 7) is 5.24. The van der Waals surface area contributed by atoms with Gasteiger partial charge in [-0.3, -0.25) is 0 Å². The van der Waals surface area contributed by atoms with E-state index in [2.05, 4.69) is 15.6 Å². The molecule has 0 atom stereocenters. The summed E-state index contributed by atoms with van der Waals surface area (Å²) < 4.78 is 29.8. The van der Waals surface area contributed by atoms with E-state index in [0.717, 1.165) is 11.3 Å². The Morgan fingerprint density at radius 1 is 1.00 bits per heavy atom. The fourth-order valence-electron chi connectivity index (χ4n) is 2.44. The topological polar surface area (TPSA) is 64.1 Å². The quantitative estimate of drug-likeness (QED) is 0.317. The number of methoxy groups -OCH3 is 2. The largest absolute Gasteiger partial charge is 0.493 e. The highest BCUT2D eigenvalue weighted by Gasteiger charge is 2.07. The third kappa shape index (κ3) is 6.74. The van der Waals surface area contributed by atoms with Crippen LogP contribution >= 0.6 is 24.0 Å². The Labute approximate surface area is 182 Å². The van der Waals surface area contributed by atoms with Crippen molar-refractivity contribution >= 4 is 35.6 Å². The fourth-order valence-corrected chi connectivity index (χ4v) is 2.44. The molecule has 28 heavy (non-hydrogen) atoms. The zero-order valence-electron chi connectivity index (χ0n) is 16.5. The highest BCUT2D eigenvalue weighted by Crippen LogP contribution is 2.29. The van der Waals surface area contributed by atoms with Gasteiger partial charge < -0.3 is 24.8 Å². The van der Waals surface area contributed by atoms with Gasteiger partial charge in [-0.05, 0) is 43.7 Å². The molecule has 0 saturated heterocycles. The van der Waals surface area contributed by atoms with Crippen molar-refractivity contribution in [3.05, 3.63) is 47.8 Å². The van der Waals surface area contributed by atoms with Crippen LogP contribution in [-0.2, 0) is 6.54 Å². The lowest BCUT2D eigenvalue weighted by Crippen LogP contribution is -2.30. The summed E-state index contributed by atoms with van der Waals surface area (Å²) in [5, 5.41) is 6.37. The maximum Gasteiger partial charge on any atom is 0.196 e. The molecule has 2 rings (SSSR count). The van der Waals surface area contributed by atoms with Crippen molar-refractivity contribution < 1.29 is 18.6 Å². The smallest absolute Gasteiger partial charge is 0.196 e. The second-order valence-corrected chi connectivity index (χ2v) is 5.59. The second kappa shape index (κ2) is 12.3. The highest BCUT2D eigenvalue weighted by atomic mass is 127. The standard InChI is InChI=1S/C20H26FN3O3.HI/c1-5-22-20(24-15-8-10-18(25-3)19(12-15)26-4)23-13-14-7-9-17(27-6-2)16(21)11-14;/h7-12H,5-6,13H2,1-4H3,(H2,22,23,24);1H. The van der Waals surface area contributed by atoms with E-state index in [-0.39, 0.29) is 35.5 Å². The number of nitrogens with zero attached hydrogens (tertiary/aromatic N) is 1. The van der Waals surface area contributed by atoms with Gasteiger partial charge in [0.1, 0.15) is 0 Å². The number of anilines is 1. The van der Waals surface area contributed by atoms with Crippen LogP contribution in [-0.4, -0.2) is 33.3 Å². The van der Waals surface area contributed by atoms with Crippen LogP contribution in [0, 0.1) is 5.82 Å². The molecule has 0 aliphatic rings. The molecule has 6 nitrogen and oxygen atoms in total. The molecular formula is C20H27FIN3O3. The van der Waals surface area contributed by atoms with Crippen LogP contribution in [0.1, 0.15) is 19.4 Å². The van der Waals surface area contributed by atoms with E-state index < -0.39 is 0 Å². The van der Waals surface area contributed by atoms with Crippen molar-refractivity contribution in [3.63, 3.8) is 0 Å². The molecule has 0 fully saturated rings. The van der Waals surface area contributed by atoms with Crippen LogP contribution < -0.4 is 24.8 Å². The number of guanidine groups is 1. The molecule has 0 aliphatic carbocycles. The SMILES string of the molecule is CCNC(=NCc1ccc(OCC)c(F)c1)Nc1ccc(OC)c(OC)c1.I. The minimum absolute atomic E-state index is 0. The van der Waals surface area contributed by atoms with Crippen LogP contribution in [0.15, 0.2) is 41.4 Å². The van der Waals surface area contributed by atoms with E-state index in [9.17, 15) is 4.39 Å². The molecule has 0 saturated carbocycles. The predicted molar refractivity (Wildman–Crippen MR) is 121 cm³/mol. The summed E-state index contributed by atoms with van der Waals surface area (Å²) in [5.74, 6) is 1.71. The zero-order chi connectivity index (χ0) is 19.6. The summed E-state index contributed by atoms with van der Waals surface area (Å²) in [6, 6.07) is 10.4. The van der Waals surface area contributed by atoms with Crippen LogP contribution in [0.5, 0.6) is 17.2 Å². The first-order chi connectivity index (χ1) is 13.1. The first kappa shape index (κ1) is 23.8. The van der Waals surface area contributed by atoms with Crippen LogP contribution in [0.3, 0.4) is 0 Å². The van der Waals surface area contributed by atoms with Gasteiger partial charge in [-0.1, -0.05) is 6.07 Å². The van der Waals surface area contributed by atoms with Gasteiger partial charge in [0.05, 0.1) is 27.4 Å². The van der Waals surface area contributed by atoms with Gasteiger partial charge >= 0.3 is 0 Å². The van der Waals surface area contributed by atoms with Crippen molar-refractivity contribution in [2.24, 2.45) is 4.99 Å². The van der Waals surface area contributed by atoms with Gasteiger partial charge in [0.25, 0.3) is 0 Å². The second-order valence-electron chi connectivity index (χ2n) is 5.59. The van der Waals surface area contributed by atoms with Crippen LogP contribution in [0.4, 0.5) is 10.1 Å². The zero-order valence-corrected chi connectivity index (χ0v) is 18.9. The summed E-state index contributed by atoms with van der Waals surface area (Å²) >= 11 is 0. The number of ether oxygens (including phenoxy) is 3. The van der Waals surface area contributed by atoms with E-state index in [1.54, 1.807) is 26.4 Å². The summed E-state index contributed by atoms with van der Waals surface area (Å²) in [5.41, 5.74) is 1.55. The molecule has 2 aromatic carbocycles. The summed E-state index contributed by atoms with van der Waals surface area (Å²) in [6.07, 6.45) is 0. The third-order valence-corrected chi connectivity index (χ3v) is 3.71. The molecule has 2 aromatic rings. The molecule has 0 spiro atoms.